The molecule has 0 radical (unpaired) electrons. The molecule has 44 heavy (non-hydrogen) atoms. The molecule has 2 bridgehead atoms. The van der Waals surface area contributed by atoms with Crippen molar-refractivity contribution in [2.75, 3.05) is 19.8 Å². The Hall–Kier alpha value is -4.35. The van der Waals surface area contributed by atoms with Crippen molar-refractivity contribution in [1.29, 1.82) is 0 Å². The lowest BCUT2D eigenvalue weighted by molar-refractivity contribution is -0.163. The zero-order valence-corrected chi connectivity index (χ0v) is 24.9. The number of aromatic nitrogens is 3. The molecule has 2 amide bonds. The number of esters is 1. The van der Waals surface area contributed by atoms with Crippen LogP contribution < -0.4 is 0 Å². The predicted molar refractivity (Wildman–Crippen MR) is 160 cm³/mol. The summed E-state index contributed by atoms with van der Waals surface area (Å²) in [6.45, 7) is 11.1. The Bertz CT molecular complexity index is 1610. The number of hydrogen-bond donors (Lipinski definition) is 1. The highest BCUT2D eigenvalue weighted by atomic mass is 16.6. The Morgan fingerprint density at radius 1 is 1.18 bits per heavy atom. The first kappa shape index (κ1) is 29.7. The van der Waals surface area contributed by atoms with Crippen LogP contribution in [0.2, 0.25) is 0 Å². The van der Waals surface area contributed by atoms with Gasteiger partial charge in [0.2, 0.25) is 11.8 Å². The van der Waals surface area contributed by atoms with Gasteiger partial charge in [-0.25, -0.2) is 4.68 Å². The van der Waals surface area contributed by atoms with Gasteiger partial charge in [0.1, 0.15) is 36.4 Å². The van der Waals surface area contributed by atoms with Crippen LogP contribution in [0.5, 0.6) is 0 Å². The second-order valence-electron chi connectivity index (χ2n) is 12.0. The van der Waals surface area contributed by atoms with E-state index in [0.29, 0.717) is 17.5 Å². The van der Waals surface area contributed by atoms with E-state index in [0.717, 1.165) is 5.52 Å². The number of amides is 2. The Balaban J connectivity index is 1.47. The van der Waals surface area contributed by atoms with Crippen LogP contribution in [0.1, 0.15) is 31.9 Å². The zero-order valence-electron chi connectivity index (χ0n) is 24.9. The number of carbonyl (C=O) groups excluding carboxylic acids is 3. The summed E-state index contributed by atoms with van der Waals surface area (Å²) in [4.78, 5) is 46.2. The molecule has 1 aromatic heterocycles. The predicted octanol–water partition coefficient (Wildman–Crippen LogP) is 2.88. The molecule has 3 fully saturated rings. The lowest BCUT2D eigenvalue weighted by Crippen LogP contribution is -2.57. The third-order valence-electron chi connectivity index (χ3n) is 9.66. The molecule has 11 heteroatoms. The maximum absolute atomic E-state index is 14.9. The van der Waals surface area contributed by atoms with Crippen LogP contribution in [0.25, 0.3) is 11.0 Å². The minimum atomic E-state index is -1.33. The van der Waals surface area contributed by atoms with E-state index in [1.165, 1.54) is 11.0 Å². The van der Waals surface area contributed by atoms with E-state index in [2.05, 4.69) is 23.5 Å². The van der Waals surface area contributed by atoms with Crippen molar-refractivity contribution in [2.24, 2.45) is 17.8 Å². The van der Waals surface area contributed by atoms with Crippen molar-refractivity contribution in [3.8, 4) is 0 Å². The van der Waals surface area contributed by atoms with Crippen LogP contribution in [0.4, 0.5) is 0 Å². The quantitative estimate of drug-likeness (QED) is 0.263. The Morgan fingerprint density at radius 2 is 1.91 bits per heavy atom. The average molecular weight is 600 g/mol. The molecule has 0 aliphatic carbocycles. The number of hydrogen-bond acceptors (Lipinski definition) is 8. The topological polar surface area (TPSA) is 127 Å². The molecule has 1 spiro atoms. The Kier molecular flexibility index (Phi) is 7.63. The number of likely N-dealkylation sites (tertiary alicyclic amines) is 1. The number of ether oxygens (including phenoxy) is 2. The molecule has 1 N–H and O–H groups in total. The van der Waals surface area contributed by atoms with E-state index in [4.69, 9.17) is 9.47 Å². The van der Waals surface area contributed by atoms with Crippen LogP contribution in [-0.2, 0) is 30.5 Å². The first-order valence-corrected chi connectivity index (χ1v) is 14.9. The summed E-state index contributed by atoms with van der Waals surface area (Å²) >= 11 is 0. The first-order chi connectivity index (χ1) is 21.2. The van der Waals surface area contributed by atoms with Crippen molar-refractivity contribution in [3.63, 3.8) is 0 Å². The summed E-state index contributed by atoms with van der Waals surface area (Å²) < 4.78 is 14.0. The van der Waals surface area contributed by atoms with Gasteiger partial charge in [-0.3, -0.25) is 14.4 Å². The molecule has 3 aromatic rings. The number of nitrogens with zero attached hydrogens (tertiary/aromatic N) is 5. The largest absolute Gasteiger partial charge is 0.461 e. The maximum Gasteiger partial charge on any atom is 0.313 e. The summed E-state index contributed by atoms with van der Waals surface area (Å²) in [5, 5.41) is 19.3. The fourth-order valence-electron chi connectivity index (χ4n) is 7.64. The Labute approximate surface area is 255 Å². The van der Waals surface area contributed by atoms with Crippen LogP contribution in [-0.4, -0.2) is 84.7 Å². The number of carbonyl (C=O) groups is 3. The standard InChI is InChI=1S/C33H37N5O6/c1-5-16-36(20-37-24-15-11-10-14-23(24)34-35-37)30(41)28-33-18-21(3)32(4,44-33)27(31(42)43-17-6-2)26(33)29(40)38(28)25(19-39)22-12-8-7-9-13-22/h5-15,21,25-28,39H,1-2,16-20H2,3-4H3/t21?,25-,26+,27+,28?,32-,33?/m1/s1. The number of para-hydroxylation sites is 1. The van der Waals surface area contributed by atoms with E-state index in [1.54, 1.807) is 15.7 Å². The molecular weight excluding hydrogens is 562 g/mol. The van der Waals surface area contributed by atoms with Crippen LogP contribution in [0, 0.1) is 17.8 Å². The van der Waals surface area contributed by atoms with Crippen molar-refractivity contribution in [3.05, 3.63) is 85.5 Å². The molecule has 3 aliphatic rings. The summed E-state index contributed by atoms with van der Waals surface area (Å²) in [5.74, 6) is -3.48. The van der Waals surface area contributed by atoms with Crippen molar-refractivity contribution < 1.29 is 29.0 Å². The number of aliphatic hydroxyl groups excluding tert-OH is 1. The van der Waals surface area contributed by atoms with Gasteiger partial charge in [0.15, 0.2) is 0 Å². The lowest BCUT2D eigenvalue weighted by Gasteiger charge is -2.39. The molecule has 2 aromatic carbocycles. The first-order valence-electron chi connectivity index (χ1n) is 14.9. The summed E-state index contributed by atoms with van der Waals surface area (Å²) in [6.07, 6.45) is 3.46. The van der Waals surface area contributed by atoms with Gasteiger partial charge in [0, 0.05) is 6.54 Å². The third kappa shape index (κ3) is 4.36. The minimum Gasteiger partial charge on any atom is -0.461 e. The fourth-order valence-corrected chi connectivity index (χ4v) is 7.64. The van der Waals surface area contributed by atoms with Crippen molar-refractivity contribution in [1.82, 2.24) is 24.8 Å². The van der Waals surface area contributed by atoms with Gasteiger partial charge in [0.05, 0.1) is 29.7 Å². The molecule has 11 nitrogen and oxygen atoms in total. The van der Waals surface area contributed by atoms with E-state index < -0.39 is 59.5 Å². The summed E-state index contributed by atoms with van der Waals surface area (Å²) in [7, 11) is 0. The van der Waals surface area contributed by atoms with Crippen LogP contribution in [0.15, 0.2) is 79.9 Å². The van der Waals surface area contributed by atoms with Crippen LogP contribution in [0.3, 0.4) is 0 Å². The number of rotatable bonds is 11. The van der Waals surface area contributed by atoms with Crippen molar-refractivity contribution in [2.45, 2.75) is 50.2 Å². The Morgan fingerprint density at radius 3 is 2.61 bits per heavy atom. The van der Waals surface area contributed by atoms with Gasteiger partial charge >= 0.3 is 5.97 Å². The molecule has 3 unspecified atom stereocenters. The van der Waals surface area contributed by atoms with Gasteiger partial charge in [-0.1, -0.05) is 73.3 Å². The molecular formula is C33H37N5O6. The highest BCUT2D eigenvalue weighted by Crippen LogP contribution is 2.66. The van der Waals surface area contributed by atoms with E-state index in [-0.39, 0.29) is 25.7 Å². The molecule has 6 rings (SSSR count). The average Bonchev–Trinajstić information content (AvgIpc) is 3.70. The molecule has 3 saturated heterocycles. The van der Waals surface area contributed by atoms with E-state index >= 15 is 0 Å². The van der Waals surface area contributed by atoms with Gasteiger partial charge < -0.3 is 24.4 Å². The van der Waals surface area contributed by atoms with Gasteiger partial charge in [-0.2, -0.15) is 0 Å². The van der Waals surface area contributed by atoms with Gasteiger partial charge in [0.25, 0.3) is 0 Å². The number of aliphatic hydroxyl groups is 1. The van der Waals surface area contributed by atoms with Gasteiger partial charge in [-0.05, 0) is 37.0 Å². The number of benzene rings is 2. The second-order valence-corrected chi connectivity index (χ2v) is 12.0. The van der Waals surface area contributed by atoms with E-state index in [1.807, 2.05) is 68.4 Å². The maximum atomic E-state index is 14.9. The highest BCUT2D eigenvalue weighted by molar-refractivity contribution is 5.99. The fraction of sp³-hybridized carbons (Fsp3) is 0.424. The summed E-state index contributed by atoms with van der Waals surface area (Å²) in [5.41, 5.74) is -0.275. The zero-order chi connectivity index (χ0) is 31.2. The minimum absolute atomic E-state index is 0.0119. The summed E-state index contributed by atoms with van der Waals surface area (Å²) in [6, 6.07) is 14.5. The van der Waals surface area contributed by atoms with Gasteiger partial charge in [-0.15, -0.1) is 11.7 Å². The molecule has 0 saturated carbocycles. The molecule has 3 aliphatic heterocycles. The highest BCUT2D eigenvalue weighted by Gasteiger charge is 2.80. The monoisotopic (exact) mass is 599 g/mol. The molecule has 4 heterocycles. The van der Waals surface area contributed by atoms with Crippen LogP contribution >= 0.6 is 0 Å². The SMILES string of the molecule is C=CCOC(=O)[C@@H]1[C@H]2C(=O)N([C@H](CO)c3ccccc3)C(C(=O)N(CC=C)Cn3nnc4ccccc43)C23CC(C)[C@@]1(C)O3. The molecule has 230 valence electrons. The third-order valence-corrected chi connectivity index (χ3v) is 9.66. The van der Waals surface area contributed by atoms with Crippen molar-refractivity contribution >= 4 is 28.8 Å². The smallest absolute Gasteiger partial charge is 0.313 e. The molecule has 7 atom stereocenters. The normalized spacial score (nSPS) is 29.4. The second kappa shape index (κ2) is 11.3. The van der Waals surface area contributed by atoms with E-state index in [9.17, 15) is 19.5 Å². The number of fused-ring (bicyclic) bond motifs is 2. The lowest BCUT2D eigenvalue weighted by atomic mass is 9.62.